The van der Waals surface area contributed by atoms with E-state index in [-0.39, 0.29) is 29.7 Å². The maximum Gasteiger partial charge on any atom is 0.247 e. The largest absolute Gasteiger partial charge is 0.495 e. The number of likely N-dealkylation sites (tertiary alicyclic amines) is 1. The average Bonchev–Trinajstić information content (AvgIpc) is 3.20. The maximum absolute atomic E-state index is 13.6. The molecule has 0 saturated carbocycles. The van der Waals surface area contributed by atoms with E-state index in [9.17, 15) is 9.59 Å². The summed E-state index contributed by atoms with van der Waals surface area (Å²) in [4.78, 5) is 33.2. The first-order chi connectivity index (χ1) is 16.1. The van der Waals surface area contributed by atoms with Gasteiger partial charge in [0.25, 0.3) is 0 Å². The van der Waals surface area contributed by atoms with Gasteiger partial charge in [-0.05, 0) is 31.3 Å². The fourth-order valence-electron chi connectivity index (χ4n) is 5.35. The zero-order chi connectivity index (χ0) is 22.9. The number of anilines is 2. The molecule has 3 saturated heterocycles. The highest BCUT2D eigenvalue weighted by Crippen LogP contribution is 2.33. The smallest absolute Gasteiger partial charge is 0.247 e. The predicted octanol–water partition coefficient (Wildman–Crippen LogP) is 1.44. The van der Waals surface area contributed by atoms with Gasteiger partial charge < -0.3 is 19.4 Å². The van der Waals surface area contributed by atoms with Crippen LogP contribution >= 0.6 is 0 Å². The first kappa shape index (κ1) is 21.7. The second-order valence-corrected chi connectivity index (χ2v) is 9.08. The molecule has 1 N–H and O–H groups in total. The summed E-state index contributed by atoms with van der Waals surface area (Å²) < 4.78 is 5.51. The number of methoxy groups -OCH3 is 1. The van der Waals surface area contributed by atoms with Gasteiger partial charge >= 0.3 is 0 Å². The fourth-order valence-corrected chi connectivity index (χ4v) is 5.35. The first-order valence-electron chi connectivity index (χ1n) is 11.6. The van der Waals surface area contributed by atoms with E-state index >= 15 is 0 Å². The second-order valence-electron chi connectivity index (χ2n) is 9.08. The molecule has 3 unspecified atom stereocenters. The van der Waals surface area contributed by atoms with Crippen molar-refractivity contribution < 1.29 is 14.3 Å². The van der Waals surface area contributed by atoms with Gasteiger partial charge in [-0.3, -0.25) is 9.59 Å². The number of nitrogens with one attached hydrogen (secondary N) is 1. The van der Waals surface area contributed by atoms with Crippen LogP contribution in [0.2, 0.25) is 0 Å². The van der Waals surface area contributed by atoms with Crippen molar-refractivity contribution in [2.45, 2.75) is 6.04 Å². The van der Waals surface area contributed by atoms with E-state index in [0.717, 1.165) is 30.2 Å². The Morgan fingerprint density at radius 1 is 0.970 bits per heavy atom. The summed E-state index contributed by atoms with van der Waals surface area (Å²) in [5, 5.41) is 1.63. The molecule has 8 heteroatoms. The van der Waals surface area contributed by atoms with Crippen LogP contribution in [-0.4, -0.2) is 81.1 Å². The topological polar surface area (TPSA) is 68.4 Å². The van der Waals surface area contributed by atoms with Crippen molar-refractivity contribution in [2.24, 2.45) is 11.8 Å². The molecule has 0 bridgehead atoms. The van der Waals surface area contributed by atoms with Gasteiger partial charge in [-0.1, -0.05) is 30.3 Å². The van der Waals surface area contributed by atoms with Crippen LogP contribution in [0.5, 0.6) is 5.75 Å². The number of nitrogens with zero attached hydrogens (tertiary/aromatic N) is 4. The van der Waals surface area contributed by atoms with Gasteiger partial charge in [-0.2, -0.15) is 0 Å². The molecule has 5 rings (SSSR count). The molecule has 0 aliphatic carbocycles. The Morgan fingerprint density at radius 3 is 2.39 bits per heavy atom. The number of ether oxygens (including phenoxy) is 1. The molecular weight excluding hydrogens is 418 g/mol. The number of carbonyl (C=O) groups is 2. The van der Waals surface area contributed by atoms with Crippen LogP contribution in [0.4, 0.5) is 11.4 Å². The van der Waals surface area contributed by atoms with E-state index < -0.39 is 0 Å². The lowest BCUT2D eigenvalue weighted by Crippen LogP contribution is -2.59. The van der Waals surface area contributed by atoms with Crippen molar-refractivity contribution in [1.82, 2.24) is 15.2 Å². The highest BCUT2D eigenvalue weighted by molar-refractivity contribution is 5.98. The molecule has 3 atom stereocenters. The number of carbonyl (C=O) groups excluding carboxylic acids is 2. The number of para-hydroxylation sites is 3. The van der Waals surface area contributed by atoms with E-state index in [1.165, 1.54) is 0 Å². The average molecular weight is 450 g/mol. The van der Waals surface area contributed by atoms with E-state index in [1.54, 1.807) is 12.1 Å². The van der Waals surface area contributed by atoms with Crippen molar-refractivity contribution in [3.05, 3.63) is 54.6 Å². The van der Waals surface area contributed by atoms with Crippen molar-refractivity contribution in [3.63, 3.8) is 0 Å². The minimum atomic E-state index is -0.260. The number of piperazine rings is 1. The lowest BCUT2D eigenvalue weighted by Gasteiger charge is -2.42. The van der Waals surface area contributed by atoms with E-state index in [0.29, 0.717) is 26.2 Å². The molecule has 33 heavy (non-hydrogen) atoms. The van der Waals surface area contributed by atoms with E-state index in [1.807, 2.05) is 60.5 Å². The predicted molar refractivity (Wildman–Crippen MR) is 127 cm³/mol. The Hall–Kier alpha value is -3.10. The standard InChI is InChI=1S/C25H31N5O3/c1-27-16-19(23-20(17-27)25(32)30(26-23)18-8-4-3-5-9-18)24(31)29-14-12-28(13-15-29)21-10-6-7-11-22(21)33-2/h3-11,19-20,23,26H,12-17H2,1-2H3. The fraction of sp³-hybridized carbons (Fsp3) is 0.440. The summed E-state index contributed by atoms with van der Waals surface area (Å²) >= 11 is 0. The van der Waals surface area contributed by atoms with Gasteiger partial charge in [-0.25, -0.2) is 10.4 Å². The number of rotatable bonds is 4. The third kappa shape index (κ3) is 4.05. The SMILES string of the molecule is COc1ccccc1N1CCN(C(=O)C2CN(C)CC3C(=O)N(c4ccccc4)NC23)CC1. The normalized spacial score (nSPS) is 25.8. The van der Waals surface area contributed by atoms with Crippen molar-refractivity contribution >= 4 is 23.2 Å². The van der Waals surface area contributed by atoms with Crippen molar-refractivity contribution in [3.8, 4) is 5.75 Å². The maximum atomic E-state index is 13.6. The Bertz CT molecular complexity index is 1010. The second kappa shape index (κ2) is 9.03. The summed E-state index contributed by atoms with van der Waals surface area (Å²) in [6.07, 6.45) is 0. The van der Waals surface area contributed by atoms with Gasteiger partial charge in [0.2, 0.25) is 11.8 Å². The molecule has 2 aromatic rings. The van der Waals surface area contributed by atoms with E-state index in [2.05, 4.69) is 21.3 Å². The molecule has 3 fully saturated rings. The zero-order valence-corrected chi connectivity index (χ0v) is 19.2. The highest BCUT2D eigenvalue weighted by atomic mass is 16.5. The summed E-state index contributed by atoms with van der Waals surface area (Å²) in [6, 6.07) is 17.4. The summed E-state index contributed by atoms with van der Waals surface area (Å²) in [5.74, 6) is 0.531. The van der Waals surface area contributed by atoms with Gasteiger partial charge in [0, 0.05) is 39.3 Å². The molecule has 2 aromatic carbocycles. The molecule has 8 nitrogen and oxygen atoms in total. The number of benzene rings is 2. The zero-order valence-electron chi connectivity index (χ0n) is 19.2. The molecule has 3 aliphatic heterocycles. The Labute approximate surface area is 194 Å². The summed E-state index contributed by atoms with van der Waals surface area (Å²) in [7, 11) is 3.68. The third-order valence-corrected chi connectivity index (χ3v) is 7.05. The third-order valence-electron chi connectivity index (χ3n) is 7.05. The quantitative estimate of drug-likeness (QED) is 0.762. The van der Waals surface area contributed by atoms with Crippen molar-refractivity contribution in [2.75, 3.05) is 63.3 Å². The lowest BCUT2D eigenvalue weighted by molar-refractivity contribution is -0.139. The van der Waals surface area contributed by atoms with Gasteiger partial charge in [0.05, 0.1) is 36.4 Å². The van der Waals surface area contributed by atoms with Crippen LogP contribution in [0, 0.1) is 11.8 Å². The number of fused-ring (bicyclic) bond motifs is 1. The lowest BCUT2D eigenvalue weighted by atomic mass is 9.84. The molecular formula is C25H31N5O3. The summed E-state index contributed by atoms with van der Waals surface area (Å²) in [5.41, 5.74) is 5.26. The number of hydrogen-bond acceptors (Lipinski definition) is 6. The first-order valence-corrected chi connectivity index (χ1v) is 11.6. The number of amides is 2. The van der Waals surface area contributed by atoms with E-state index in [4.69, 9.17) is 4.74 Å². The van der Waals surface area contributed by atoms with Crippen LogP contribution in [0.15, 0.2) is 54.6 Å². The monoisotopic (exact) mass is 449 g/mol. The minimum Gasteiger partial charge on any atom is -0.495 e. The number of hydrogen-bond donors (Lipinski definition) is 1. The summed E-state index contributed by atoms with van der Waals surface area (Å²) in [6.45, 7) is 4.13. The van der Waals surface area contributed by atoms with Gasteiger partial charge in [-0.15, -0.1) is 0 Å². The van der Waals surface area contributed by atoms with Gasteiger partial charge in [0.15, 0.2) is 0 Å². The molecule has 2 amide bonds. The van der Waals surface area contributed by atoms with Crippen LogP contribution in [0.1, 0.15) is 0 Å². The van der Waals surface area contributed by atoms with Crippen LogP contribution in [0.3, 0.4) is 0 Å². The van der Waals surface area contributed by atoms with Crippen LogP contribution < -0.4 is 20.1 Å². The highest BCUT2D eigenvalue weighted by Gasteiger charge is 2.51. The number of hydrazine groups is 1. The molecule has 174 valence electrons. The van der Waals surface area contributed by atoms with Gasteiger partial charge in [0.1, 0.15) is 5.75 Å². The Morgan fingerprint density at radius 2 is 1.67 bits per heavy atom. The molecule has 0 spiro atoms. The Kier molecular flexibility index (Phi) is 5.95. The molecule has 0 aromatic heterocycles. The Balaban J connectivity index is 1.29. The molecule has 0 radical (unpaired) electrons. The van der Waals surface area contributed by atoms with Crippen molar-refractivity contribution in [1.29, 1.82) is 0 Å². The number of piperidine rings is 1. The van der Waals surface area contributed by atoms with Crippen LogP contribution in [0.25, 0.3) is 0 Å². The molecule has 3 aliphatic rings. The minimum absolute atomic E-state index is 0.0385. The van der Waals surface area contributed by atoms with Crippen LogP contribution in [-0.2, 0) is 9.59 Å². The molecule has 3 heterocycles.